The minimum absolute atomic E-state index is 0.00836. The molecule has 1 aromatic heterocycles. The molecule has 1 saturated carbocycles. The number of benzene rings is 2. The molecular weight excluding hydrogens is 599 g/mol. The normalized spacial score (nSPS) is 21.3. The lowest BCUT2D eigenvalue weighted by atomic mass is 10.2. The number of aromatic nitrogens is 2. The van der Waals surface area contributed by atoms with Crippen LogP contribution in [0.2, 0.25) is 5.02 Å². The summed E-state index contributed by atoms with van der Waals surface area (Å²) >= 11 is 9.49. The number of piperidine rings is 1. The third kappa shape index (κ3) is 5.47. The van der Waals surface area contributed by atoms with Crippen molar-refractivity contribution in [2.45, 2.75) is 31.3 Å². The first-order valence-electron chi connectivity index (χ1n) is 12.1. The van der Waals surface area contributed by atoms with Gasteiger partial charge in [-0.05, 0) is 84.8 Å². The lowest BCUT2D eigenvalue weighted by molar-refractivity contribution is 0.0523. The number of hydrogen-bond acceptors (Lipinski definition) is 5. The Kier molecular flexibility index (Phi) is 7.08. The number of amides is 1. The molecule has 0 radical (unpaired) electrons. The number of H-pyrrole nitrogens is 1. The van der Waals surface area contributed by atoms with Gasteiger partial charge in [0.2, 0.25) is 10.0 Å². The van der Waals surface area contributed by atoms with E-state index in [1.165, 1.54) is 22.5 Å². The molecule has 0 bridgehead atoms. The zero-order valence-corrected chi connectivity index (χ0v) is 24.1. The van der Waals surface area contributed by atoms with Gasteiger partial charge < -0.3 is 15.0 Å². The van der Waals surface area contributed by atoms with Crippen LogP contribution in [-0.4, -0.2) is 54.0 Å². The van der Waals surface area contributed by atoms with Crippen LogP contribution >= 0.6 is 27.5 Å². The predicted molar refractivity (Wildman–Crippen MR) is 146 cm³/mol. The van der Waals surface area contributed by atoms with Crippen LogP contribution in [0.25, 0.3) is 22.6 Å². The first-order valence-corrected chi connectivity index (χ1v) is 14.7. The summed E-state index contributed by atoms with van der Waals surface area (Å²) in [5.74, 6) is 0.626. The number of rotatable bonds is 6. The number of halogens is 3. The molecule has 0 spiro atoms. The Morgan fingerprint density at radius 3 is 2.55 bits per heavy atom. The number of carbonyl (C=O) groups excluding carboxylic acids is 1. The van der Waals surface area contributed by atoms with Crippen molar-refractivity contribution in [3.05, 3.63) is 57.9 Å². The molecule has 2 aromatic carbocycles. The van der Waals surface area contributed by atoms with Gasteiger partial charge in [-0.15, -0.1) is 0 Å². The fraction of sp³-hybridized carbons (Fsp3) is 0.385. The number of nitrogens with zero attached hydrogens (tertiary/aromatic N) is 2. The molecule has 38 heavy (non-hydrogen) atoms. The molecule has 5 rings (SSSR count). The Labute approximate surface area is 234 Å². The maximum atomic E-state index is 14.0. The maximum absolute atomic E-state index is 14.0. The number of carbonyl (C=O) groups is 1. The van der Waals surface area contributed by atoms with E-state index >= 15 is 0 Å². The number of fused-ring (bicyclic) bond motifs is 1. The van der Waals surface area contributed by atoms with E-state index in [1.807, 2.05) is 0 Å². The first-order chi connectivity index (χ1) is 17.8. The topological polar surface area (TPSA) is 104 Å². The van der Waals surface area contributed by atoms with E-state index in [4.69, 9.17) is 16.3 Å². The van der Waals surface area contributed by atoms with E-state index in [-0.39, 0.29) is 27.7 Å². The van der Waals surface area contributed by atoms with Gasteiger partial charge >= 0.3 is 6.09 Å². The minimum Gasteiger partial charge on any atom is -0.444 e. The largest absolute Gasteiger partial charge is 0.444 e. The van der Waals surface area contributed by atoms with Gasteiger partial charge in [0.05, 0.1) is 21.4 Å². The molecule has 8 nitrogen and oxygen atoms in total. The monoisotopic (exact) mass is 624 g/mol. The first kappa shape index (κ1) is 27.1. The smallest absolute Gasteiger partial charge is 0.407 e. The number of alkyl carbamates (subject to hydrolysis) is 1. The van der Waals surface area contributed by atoms with Crippen molar-refractivity contribution in [1.82, 2.24) is 19.6 Å². The molecule has 1 saturated heterocycles. The molecule has 2 fully saturated rings. The van der Waals surface area contributed by atoms with Crippen molar-refractivity contribution < 1.29 is 22.3 Å². The minimum atomic E-state index is -3.84. The van der Waals surface area contributed by atoms with Crippen LogP contribution in [0.5, 0.6) is 0 Å². The standard InChI is InChI=1S/C26H27BrClFN4O4S/c1-26(2,3)37-25(34)31-10-16-17-12-33(13-18(16)17)38(35,36)23-9-15(5-7-20(23)28)24-30-11-22(32-24)14-4-6-19(27)21(29)8-14/h4-9,11,16-18H,10,12-13H2,1-3H3,(H,30,32)(H,31,34)/t16?,17-,18+. The van der Waals surface area contributed by atoms with E-state index in [2.05, 4.69) is 31.2 Å². The fourth-order valence-corrected chi connectivity index (χ4v) is 7.15. The molecule has 1 amide bonds. The van der Waals surface area contributed by atoms with Gasteiger partial charge in [-0.3, -0.25) is 0 Å². The van der Waals surface area contributed by atoms with Gasteiger partial charge in [-0.2, -0.15) is 4.31 Å². The van der Waals surface area contributed by atoms with Crippen LogP contribution in [0.4, 0.5) is 9.18 Å². The van der Waals surface area contributed by atoms with Crippen LogP contribution in [0, 0.1) is 23.6 Å². The van der Waals surface area contributed by atoms with Gasteiger partial charge in [0, 0.05) is 30.8 Å². The average molecular weight is 626 g/mol. The SMILES string of the molecule is CC(C)(C)OC(=O)NCC1[C@H]2CN(S(=O)(=O)c3cc(-c4ncc(-c5ccc(Br)c(F)c5)[nH]4)ccc3Cl)C[C@@H]12. The summed E-state index contributed by atoms with van der Waals surface area (Å²) in [5, 5.41) is 2.91. The Morgan fingerprint density at radius 2 is 1.89 bits per heavy atom. The second-order valence-electron chi connectivity index (χ2n) is 10.6. The van der Waals surface area contributed by atoms with Crippen molar-refractivity contribution in [3.63, 3.8) is 0 Å². The summed E-state index contributed by atoms with van der Waals surface area (Å²) in [6.07, 6.45) is 1.10. The quantitative estimate of drug-likeness (QED) is 0.366. The summed E-state index contributed by atoms with van der Waals surface area (Å²) in [7, 11) is -3.84. The highest BCUT2D eigenvalue weighted by Gasteiger charge is 2.57. The Hall–Kier alpha value is -2.47. The molecule has 2 N–H and O–H groups in total. The summed E-state index contributed by atoms with van der Waals surface area (Å²) in [5.41, 5.74) is 1.17. The van der Waals surface area contributed by atoms with E-state index in [9.17, 15) is 17.6 Å². The zero-order valence-electron chi connectivity index (χ0n) is 21.0. The molecule has 1 unspecified atom stereocenters. The van der Waals surface area contributed by atoms with Crippen LogP contribution in [-0.2, 0) is 14.8 Å². The van der Waals surface area contributed by atoms with E-state index in [0.29, 0.717) is 46.8 Å². The van der Waals surface area contributed by atoms with Crippen molar-refractivity contribution in [2.75, 3.05) is 19.6 Å². The zero-order chi connectivity index (χ0) is 27.4. The molecule has 3 atom stereocenters. The Morgan fingerprint density at radius 1 is 1.21 bits per heavy atom. The number of nitrogens with one attached hydrogen (secondary N) is 2. The third-order valence-electron chi connectivity index (χ3n) is 6.85. The summed E-state index contributed by atoms with van der Waals surface area (Å²) < 4.78 is 48.1. The molecule has 1 aliphatic carbocycles. The molecule has 202 valence electrons. The van der Waals surface area contributed by atoms with Crippen LogP contribution in [0.3, 0.4) is 0 Å². The summed E-state index contributed by atoms with van der Waals surface area (Å²) in [6.45, 7) is 6.60. The second kappa shape index (κ2) is 9.93. The van der Waals surface area contributed by atoms with E-state index in [1.54, 1.807) is 45.2 Å². The number of sulfonamides is 1. The Balaban J connectivity index is 1.27. The highest BCUT2D eigenvalue weighted by Crippen LogP contribution is 2.52. The molecule has 1 aliphatic heterocycles. The van der Waals surface area contributed by atoms with Crippen LogP contribution in [0.15, 0.2) is 52.0 Å². The predicted octanol–water partition coefficient (Wildman–Crippen LogP) is 5.69. The lowest BCUT2D eigenvalue weighted by Gasteiger charge is -2.22. The van der Waals surface area contributed by atoms with Gasteiger partial charge in [-0.1, -0.05) is 17.7 Å². The van der Waals surface area contributed by atoms with Crippen molar-refractivity contribution in [1.29, 1.82) is 0 Å². The lowest BCUT2D eigenvalue weighted by Crippen LogP contribution is -2.36. The van der Waals surface area contributed by atoms with Crippen molar-refractivity contribution in [2.24, 2.45) is 17.8 Å². The molecule has 2 heterocycles. The fourth-order valence-electron chi connectivity index (χ4n) is 4.89. The molecule has 3 aromatic rings. The van der Waals surface area contributed by atoms with Crippen molar-refractivity contribution >= 4 is 43.6 Å². The molecule has 2 aliphatic rings. The van der Waals surface area contributed by atoms with Crippen LogP contribution in [0.1, 0.15) is 20.8 Å². The number of aromatic amines is 1. The van der Waals surface area contributed by atoms with Gasteiger partial charge in [-0.25, -0.2) is 22.6 Å². The van der Waals surface area contributed by atoms with Gasteiger partial charge in [0.15, 0.2) is 0 Å². The second-order valence-corrected chi connectivity index (χ2v) is 13.8. The van der Waals surface area contributed by atoms with Gasteiger partial charge in [0.1, 0.15) is 22.1 Å². The highest BCUT2D eigenvalue weighted by molar-refractivity contribution is 9.10. The average Bonchev–Trinajstić information content (AvgIpc) is 3.20. The Bertz CT molecular complexity index is 1500. The van der Waals surface area contributed by atoms with E-state index in [0.717, 1.165) is 0 Å². The number of hydrogen-bond donors (Lipinski definition) is 2. The maximum Gasteiger partial charge on any atom is 0.407 e. The molecular formula is C26H27BrClFN4O4S. The summed E-state index contributed by atoms with van der Waals surface area (Å²) in [6, 6.07) is 9.47. The summed E-state index contributed by atoms with van der Waals surface area (Å²) in [4.78, 5) is 19.4. The van der Waals surface area contributed by atoms with Crippen molar-refractivity contribution in [3.8, 4) is 22.6 Å². The highest BCUT2D eigenvalue weighted by atomic mass is 79.9. The molecule has 12 heteroatoms. The van der Waals surface area contributed by atoms with Gasteiger partial charge in [0.25, 0.3) is 0 Å². The number of ether oxygens (including phenoxy) is 1. The third-order valence-corrected chi connectivity index (χ3v) is 9.80. The number of imidazole rings is 1. The van der Waals surface area contributed by atoms with E-state index < -0.39 is 27.5 Å². The van der Waals surface area contributed by atoms with Crippen LogP contribution < -0.4 is 5.32 Å².